The summed E-state index contributed by atoms with van der Waals surface area (Å²) in [5, 5.41) is 0.845. The second-order valence-electron chi connectivity index (χ2n) is 3.51. The number of alkyl halides is 1. The Labute approximate surface area is 88.8 Å². The molecule has 0 saturated carbocycles. The average molecular weight is 239 g/mol. The zero-order chi connectivity index (χ0) is 10.0. The van der Waals surface area contributed by atoms with Crippen molar-refractivity contribution in [3.05, 3.63) is 41.0 Å². The zero-order valence-electron chi connectivity index (χ0n) is 8.45. The molecule has 1 aromatic carbocycles. The molecule has 0 aliphatic heterocycles. The molecule has 0 amide bonds. The SMILES string of the molecule is C=C(CBr)c1c(C)cc(C)cc1C. The van der Waals surface area contributed by atoms with Crippen LogP contribution in [0.5, 0.6) is 0 Å². The highest BCUT2D eigenvalue weighted by Crippen LogP contribution is 2.24. The Bertz CT molecular complexity index is 314. The fourth-order valence-corrected chi connectivity index (χ4v) is 2.08. The van der Waals surface area contributed by atoms with E-state index in [4.69, 9.17) is 0 Å². The van der Waals surface area contributed by atoms with E-state index in [-0.39, 0.29) is 0 Å². The van der Waals surface area contributed by atoms with Crippen molar-refractivity contribution < 1.29 is 0 Å². The molecular weight excluding hydrogens is 224 g/mol. The van der Waals surface area contributed by atoms with Crippen LogP contribution in [0.1, 0.15) is 22.3 Å². The molecule has 1 rings (SSSR count). The van der Waals surface area contributed by atoms with Gasteiger partial charge in [0.25, 0.3) is 0 Å². The lowest BCUT2D eigenvalue weighted by Crippen LogP contribution is -1.94. The molecule has 0 heterocycles. The molecular formula is C12H15Br. The summed E-state index contributed by atoms with van der Waals surface area (Å²) >= 11 is 3.44. The molecule has 13 heavy (non-hydrogen) atoms. The van der Waals surface area contributed by atoms with E-state index in [1.807, 2.05) is 0 Å². The molecule has 0 radical (unpaired) electrons. The molecule has 70 valence electrons. The van der Waals surface area contributed by atoms with Gasteiger partial charge in [-0.05, 0) is 43.0 Å². The van der Waals surface area contributed by atoms with E-state index >= 15 is 0 Å². The summed E-state index contributed by atoms with van der Waals surface area (Å²) in [4.78, 5) is 0. The van der Waals surface area contributed by atoms with Crippen molar-refractivity contribution in [2.24, 2.45) is 0 Å². The predicted molar refractivity (Wildman–Crippen MR) is 63.5 cm³/mol. The summed E-state index contributed by atoms with van der Waals surface area (Å²) in [6, 6.07) is 4.41. The number of aryl methyl sites for hydroxylation is 3. The maximum absolute atomic E-state index is 4.05. The highest BCUT2D eigenvalue weighted by molar-refractivity contribution is 9.09. The maximum Gasteiger partial charge on any atom is 0.0283 e. The summed E-state index contributed by atoms with van der Waals surface area (Å²) in [7, 11) is 0. The van der Waals surface area contributed by atoms with Gasteiger partial charge in [0.15, 0.2) is 0 Å². The highest BCUT2D eigenvalue weighted by atomic mass is 79.9. The predicted octanol–water partition coefficient (Wildman–Crippen LogP) is 4.02. The molecule has 0 N–H and O–H groups in total. The Morgan fingerprint density at radius 2 is 1.69 bits per heavy atom. The van der Waals surface area contributed by atoms with E-state index in [1.165, 1.54) is 22.3 Å². The van der Waals surface area contributed by atoms with E-state index in [9.17, 15) is 0 Å². The van der Waals surface area contributed by atoms with E-state index in [2.05, 4.69) is 55.4 Å². The van der Waals surface area contributed by atoms with Gasteiger partial charge < -0.3 is 0 Å². The number of halogens is 1. The molecule has 0 bridgehead atoms. The summed E-state index contributed by atoms with van der Waals surface area (Å²) in [6.07, 6.45) is 0. The van der Waals surface area contributed by atoms with E-state index in [0.29, 0.717) is 0 Å². The third-order valence-corrected chi connectivity index (χ3v) is 2.87. The Hall–Kier alpha value is -0.560. The first-order valence-electron chi connectivity index (χ1n) is 4.38. The summed E-state index contributed by atoms with van der Waals surface area (Å²) in [5.74, 6) is 0. The third kappa shape index (κ3) is 2.22. The molecule has 0 saturated heterocycles. The maximum atomic E-state index is 4.05. The minimum atomic E-state index is 0.845. The molecule has 0 fully saturated rings. The van der Waals surface area contributed by atoms with Crippen LogP contribution in [0.3, 0.4) is 0 Å². The number of benzene rings is 1. The van der Waals surface area contributed by atoms with Crippen molar-refractivity contribution in [1.82, 2.24) is 0 Å². The molecule has 0 spiro atoms. The largest absolute Gasteiger partial charge is 0.0944 e. The average Bonchev–Trinajstić information content (AvgIpc) is 2.02. The molecule has 0 aromatic heterocycles. The first-order chi connectivity index (χ1) is 6.06. The van der Waals surface area contributed by atoms with Gasteiger partial charge in [-0.1, -0.05) is 40.2 Å². The monoisotopic (exact) mass is 238 g/mol. The smallest absolute Gasteiger partial charge is 0.0283 e. The third-order valence-electron chi connectivity index (χ3n) is 2.19. The van der Waals surface area contributed by atoms with E-state index < -0.39 is 0 Å². The number of allylic oxidation sites excluding steroid dienone is 1. The van der Waals surface area contributed by atoms with E-state index in [1.54, 1.807) is 0 Å². The quantitative estimate of drug-likeness (QED) is 0.684. The van der Waals surface area contributed by atoms with Crippen LogP contribution in [0.15, 0.2) is 18.7 Å². The van der Waals surface area contributed by atoms with Crippen LogP contribution in [0.4, 0.5) is 0 Å². The van der Waals surface area contributed by atoms with Crippen LogP contribution in [-0.4, -0.2) is 5.33 Å². The van der Waals surface area contributed by atoms with Crippen LogP contribution < -0.4 is 0 Å². The first kappa shape index (κ1) is 10.5. The van der Waals surface area contributed by atoms with Crippen LogP contribution >= 0.6 is 15.9 Å². The highest BCUT2D eigenvalue weighted by Gasteiger charge is 2.05. The number of rotatable bonds is 2. The zero-order valence-corrected chi connectivity index (χ0v) is 10.0. The van der Waals surface area contributed by atoms with Gasteiger partial charge in [-0.15, -0.1) is 0 Å². The van der Waals surface area contributed by atoms with Crippen LogP contribution in [-0.2, 0) is 0 Å². The summed E-state index contributed by atoms with van der Waals surface area (Å²) in [5.41, 5.74) is 6.43. The fraction of sp³-hybridized carbons (Fsp3) is 0.333. The molecule has 0 aliphatic rings. The van der Waals surface area contributed by atoms with Gasteiger partial charge in [0.05, 0.1) is 0 Å². The molecule has 0 unspecified atom stereocenters. The standard InChI is InChI=1S/C12H15Br/c1-8-5-9(2)12(10(3)6-8)11(4)7-13/h5-6H,4,7H2,1-3H3. The van der Waals surface area contributed by atoms with Gasteiger partial charge in [0.2, 0.25) is 0 Å². The van der Waals surface area contributed by atoms with Gasteiger partial charge in [-0.25, -0.2) is 0 Å². The Balaban J connectivity index is 3.28. The second kappa shape index (κ2) is 4.10. The lowest BCUT2D eigenvalue weighted by molar-refractivity contribution is 1.29. The Morgan fingerprint density at radius 1 is 1.23 bits per heavy atom. The first-order valence-corrected chi connectivity index (χ1v) is 5.50. The lowest BCUT2D eigenvalue weighted by Gasteiger charge is -2.11. The molecule has 1 aromatic rings. The normalized spacial score (nSPS) is 10.2. The van der Waals surface area contributed by atoms with Gasteiger partial charge in [-0.2, -0.15) is 0 Å². The van der Waals surface area contributed by atoms with Crippen molar-refractivity contribution in [2.45, 2.75) is 20.8 Å². The molecule has 1 heteroatoms. The van der Waals surface area contributed by atoms with Crippen molar-refractivity contribution in [3.63, 3.8) is 0 Å². The van der Waals surface area contributed by atoms with Crippen molar-refractivity contribution >= 4 is 21.5 Å². The number of hydrogen-bond donors (Lipinski definition) is 0. The van der Waals surface area contributed by atoms with E-state index in [0.717, 1.165) is 10.9 Å². The molecule has 0 atom stereocenters. The minimum Gasteiger partial charge on any atom is -0.0944 e. The van der Waals surface area contributed by atoms with Gasteiger partial charge in [-0.3, -0.25) is 0 Å². The second-order valence-corrected chi connectivity index (χ2v) is 4.07. The van der Waals surface area contributed by atoms with Gasteiger partial charge >= 0.3 is 0 Å². The van der Waals surface area contributed by atoms with Gasteiger partial charge in [0.1, 0.15) is 0 Å². The van der Waals surface area contributed by atoms with Crippen LogP contribution in [0.25, 0.3) is 5.57 Å². The summed E-state index contributed by atoms with van der Waals surface area (Å²) in [6.45, 7) is 10.5. The van der Waals surface area contributed by atoms with Crippen molar-refractivity contribution in [1.29, 1.82) is 0 Å². The number of hydrogen-bond acceptors (Lipinski definition) is 0. The Kier molecular flexibility index (Phi) is 3.32. The molecule has 0 aliphatic carbocycles. The topological polar surface area (TPSA) is 0 Å². The fourth-order valence-electron chi connectivity index (χ4n) is 1.80. The molecule has 0 nitrogen and oxygen atoms in total. The van der Waals surface area contributed by atoms with Gasteiger partial charge in [0, 0.05) is 5.33 Å². The Morgan fingerprint density at radius 3 is 2.08 bits per heavy atom. The summed E-state index contributed by atoms with van der Waals surface area (Å²) < 4.78 is 0. The van der Waals surface area contributed by atoms with Crippen molar-refractivity contribution in [2.75, 3.05) is 5.33 Å². The van der Waals surface area contributed by atoms with Crippen molar-refractivity contribution in [3.8, 4) is 0 Å². The minimum absolute atomic E-state index is 0.845. The van der Waals surface area contributed by atoms with Crippen LogP contribution in [0.2, 0.25) is 0 Å². The van der Waals surface area contributed by atoms with Crippen LogP contribution in [0, 0.1) is 20.8 Å². The lowest BCUT2D eigenvalue weighted by atomic mass is 9.95.